The van der Waals surface area contributed by atoms with Crippen molar-refractivity contribution in [2.24, 2.45) is 0 Å². The fourth-order valence-corrected chi connectivity index (χ4v) is 3.50. The summed E-state index contributed by atoms with van der Waals surface area (Å²) in [7, 11) is -2.69. The number of aromatic carboxylic acids is 1. The van der Waals surface area contributed by atoms with Gasteiger partial charge < -0.3 is 9.84 Å². The standard InChI is InChI=1S/C12H13NO6S/c1-19-11(14)7-20(17,18)13-5-4-8-6-9(12(15)16)2-3-10(8)13/h2-3,6H,4-5,7H2,1H3,(H,15,16). The average molecular weight is 299 g/mol. The third-order valence-corrected chi connectivity index (χ3v) is 4.69. The third kappa shape index (κ3) is 2.60. The minimum Gasteiger partial charge on any atom is -0.478 e. The second-order valence-electron chi connectivity index (χ2n) is 4.30. The van der Waals surface area contributed by atoms with Gasteiger partial charge >= 0.3 is 11.9 Å². The van der Waals surface area contributed by atoms with Gasteiger partial charge in [-0.25, -0.2) is 13.2 Å². The summed E-state index contributed by atoms with van der Waals surface area (Å²) in [6.07, 6.45) is 0.414. The second kappa shape index (κ2) is 5.12. The van der Waals surface area contributed by atoms with Gasteiger partial charge in [-0.1, -0.05) is 0 Å². The molecule has 0 radical (unpaired) electrons. The van der Waals surface area contributed by atoms with Crippen LogP contribution in [0.2, 0.25) is 0 Å². The number of carbonyl (C=O) groups is 2. The van der Waals surface area contributed by atoms with Gasteiger partial charge in [0.2, 0.25) is 10.0 Å². The summed E-state index contributed by atoms with van der Waals surface area (Å²) in [5.41, 5.74) is 1.16. The van der Waals surface area contributed by atoms with Crippen LogP contribution in [0.1, 0.15) is 15.9 Å². The Kier molecular flexibility index (Phi) is 3.67. The normalized spacial score (nSPS) is 13.9. The number of esters is 1. The Labute approximate surface area is 115 Å². The number of carboxylic acid groups (broad SMARTS) is 1. The number of hydrogen-bond acceptors (Lipinski definition) is 5. The van der Waals surface area contributed by atoms with Gasteiger partial charge in [0.15, 0.2) is 5.75 Å². The van der Waals surface area contributed by atoms with Crippen molar-refractivity contribution in [2.75, 3.05) is 23.7 Å². The van der Waals surface area contributed by atoms with Crippen LogP contribution >= 0.6 is 0 Å². The first-order chi connectivity index (χ1) is 9.35. The molecule has 0 amide bonds. The fraction of sp³-hybridized carbons (Fsp3) is 0.333. The highest BCUT2D eigenvalue weighted by molar-refractivity contribution is 7.93. The number of hydrogen-bond donors (Lipinski definition) is 1. The molecule has 8 heteroatoms. The summed E-state index contributed by atoms with van der Waals surface area (Å²) in [5.74, 6) is -2.63. The molecule has 1 aliphatic heterocycles. The summed E-state index contributed by atoms with van der Waals surface area (Å²) >= 11 is 0. The molecule has 0 spiro atoms. The quantitative estimate of drug-likeness (QED) is 0.800. The van der Waals surface area contributed by atoms with Crippen LogP contribution in [0.4, 0.5) is 5.69 Å². The number of sulfonamides is 1. The lowest BCUT2D eigenvalue weighted by atomic mass is 10.1. The number of fused-ring (bicyclic) bond motifs is 1. The van der Waals surface area contributed by atoms with Crippen molar-refractivity contribution in [3.05, 3.63) is 29.3 Å². The Morgan fingerprint density at radius 1 is 1.40 bits per heavy atom. The van der Waals surface area contributed by atoms with Crippen LogP contribution < -0.4 is 4.31 Å². The summed E-state index contributed by atoms with van der Waals surface area (Å²) in [6, 6.07) is 4.24. The predicted molar refractivity (Wildman–Crippen MR) is 70.3 cm³/mol. The Bertz CT molecular complexity index is 667. The van der Waals surface area contributed by atoms with Crippen molar-refractivity contribution in [3.8, 4) is 0 Å². The van der Waals surface area contributed by atoms with E-state index in [-0.39, 0.29) is 12.1 Å². The molecule has 0 saturated carbocycles. The second-order valence-corrected chi connectivity index (χ2v) is 6.20. The van der Waals surface area contributed by atoms with E-state index in [9.17, 15) is 18.0 Å². The summed E-state index contributed by atoms with van der Waals surface area (Å²) in [5, 5.41) is 8.90. The number of methoxy groups -OCH3 is 1. The number of benzene rings is 1. The highest BCUT2D eigenvalue weighted by Crippen LogP contribution is 2.31. The van der Waals surface area contributed by atoms with Crippen molar-refractivity contribution in [2.45, 2.75) is 6.42 Å². The molecule has 1 aromatic carbocycles. The van der Waals surface area contributed by atoms with Crippen molar-refractivity contribution in [1.29, 1.82) is 0 Å². The smallest absolute Gasteiger partial charge is 0.335 e. The minimum atomic E-state index is -3.81. The van der Waals surface area contributed by atoms with E-state index >= 15 is 0 Å². The van der Waals surface area contributed by atoms with Gasteiger partial charge in [0, 0.05) is 6.54 Å². The van der Waals surface area contributed by atoms with Gasteiger partial charge in [0.25, 0.3) is 0 Å². The van der Waals surface area contributed by atoms with Crippen LogP contribution in [0.15, 0.2) is 18.2 Å². The molecular formula is C12H13NO6S. The molecular weight excluding hydrogens is 286 g/mol. The molecule has 0 aliphatic carbocycles. The van der Waals surface area contributed by atoms with Crippen LogP contribution in [-0.4, -0.2) is 44.9 Å². The van der Waals surface area contributed by atoms with Gasteiger partial charge in [0.1, 0.15) is 0 Å². The first kappa shape index (κ1) is 14.3. The lowest BCUT2D eigenvalue weighted by molar-refractivity contribution is -0.137. The third-order valence-electron chi connectivity index (χ3n) is 3.04. The van der Waals surface area contributed by atoms with Gasteiger partial charge in [-0.3, -0.25) is 9.10 Å². The molecule has 0 aromatic heterocycles. The number of anilines is 1. The first-order valence-electron chi connectivity index (χ1n) is 5.78. The highest BCUT2D eigenvalue weighted by atomic mass is 32.2. The molecule has 20 heavy (non-hydrogen) atoms. The molecule has 0 saturated heterocycles. The number of rotatable bonds is 4. The molecule has 2 rings (SSSR count). The molecule has 0 fully saturated rings. The summed E-state index contributed by atoms with van der Waals surface area (Å²) in [4.78, 5) is 22.0. The van der Waals surface area contributed by atoms with Crippen molar-refractivity contribution < 1.29 is 27.9 Å². The summed E-state index contributed by atoms with van der Waals surface area (Å²) in [6.45, 7) is 0.192. The van der Waals surface area contributed by atoms with Crippen LogP contribution in [0.25, 0.3) is 0 Å². The van der Waals surface area contributed by atoms with Crippen molar-refractivity contribution in [3.63, 3.8) is 0 Å². The van der Waals surface area contributed by atoms with E-state index in [0.717, 1.165) is 11.4 Å². The number of nitrogens with zero attached hydrogens (tertiary/aromatic N) is 1. The molecule has 1 N–H and O–H groups in total. The van der Waals surface area contributed by atoms with Gasteiger partial charge in [0.05, 0.1) is 18.4 Å². The van der Waals surface area contributed by atoms with Crippen LogP contribution in [0, 0.1) is 0 Å². The van der Waals surface area contributed by atoms with E-state index in [0.29, 0.717) is 17.7 Å². The maximum atomic E-state index is 12.1. The zero-order chi connectivity index (χ0) is 14.9. The van der Waals surface area contributed by atoms with Crippen LogP contribution in [-0.2, 0) is 26.0 Å². The molecule has 7 nitrogen and oxygen atoms in total. The Morgan fingerprint density at radius 2 is 2.10 bits per heavy atom. The SMILES string of the molecule is COC(=O)CS(=O)(=O)N1CCc2cc(C(=O)O)ccc21. The van der Waals surface area contributed by atoms with Crippen molar-refractivity contribution >= 4 is 27.6 Å². The van der Waals surface area contributed by atoms with E-state index in [1.54, 1.807) is 0 Å². The first-order valence-corrected chi connectivity index (χ1v) is 7.39. The zero-order valence-corrected chi connectivity index (χ0v) is 11.5. The monoisotopic (exact) mass is 299 g/mol. The van der Waals surface area contributed by atoms with E-state index in [2.05, 4.69) is 4.74 Å². The Balaban J connectivity index is 2.32. The molecule has 0 bridgehead atoms. The van der Waals surface area contributed by atoms with E-state index < -0.39 is 27.7 Å². The highest BCUT2D eigenvalue weighted by Gasteiger charge is 2.31. The number of ether oxygens (including phenoxy) is 1. The molecule has 108 valence electrons. The Hall–Kier alpha value is -2.09. The predicted octanol–water partition coefficient (Wildman–Crippen LogP) is 0.250. The lowest BCUT2D eigenvalue weighted by Gasteiger charge is -2.18. The Morgan fingerprint density at radius 3 is 2.70 bits per heavy atom. The zero-order valence-electron chi connectivity index (χ0n) is 10.7. The summed E-state index contributed by atoms with van der Waals surface area (Å²) < 4.78 is 29.7. The molecule has 1 heterocycles. The number of carboxylic acids is 1. The van der Waals surface area contributed by atoms with Gasteiger partial charge in [-0.05, 0) is 30.2 Å². The van der Waals surface area contributed by atoms with E-state index in [1.165, 1.54) is 18.2 Å². The topological polar surface area (TPSA) is 101 Å². The molecule has 1 aliphatic rings. The maximum Gasteiger partial charge on any atom is 0.335 e. The average Bonchev–Trinajstić information content (AvgIpc) is 2.81. The molecule has 0 atom stereocenters. The van der Waals surface area contributed by atoms with Crippen molar-refractivity contribution in [1.82, 2.24) is 0 Å². The maximum absolute atomic E-state index is 12.1. The van der Waals surface area contributed by atoms with Crippen LogP contribution in [0.3, 0.4) is 0 Å². The molecule has 1 aromatic rings. The van der Waals surface area contributed by atoms with E-state index in [1.807, 2.05) is 0 Å². The largest absolute Gasteiger partial charge is 0.478 e. The lowest BCUT2D eigenvalue weighted by Crippen LogP contribution is -2.34. The minimum absolute atomic E-state index is 0.107. The molecule has 0 unspecified atom stereocenters. The van der Waals surface area contributed by atoms with Crippen LogP contribution in [0.5, 0.6) is 0 Å². The van der Waals surface area contributed by atoms with Gasteiger partial charge in [-0.2, -0.15) is 0 Å². The number of carbonyl (C=O) groups excluding carboxylic acids is 1. The fourth-order valence-electron chi connectivity index (χ4n) is 2.08. The van der Waals surface area contributed by atoms with E-state index in [4.69, 9.17) is 5.11 Å². The van der Waals surface area contributed by atoms with Gasteiger partial charge in [-0.15, -0.1) is 0 Å².